The van der Waals surface area contributed by atoms with Crippen LogP contribution in [0.3, 0.4) is 0 Å². The molecule has 0 saturated heterocycles. The number of aliphatic hydroxyl groups is 1. The fourth-order valence-corrected chi connectivity index (χ4v) is 2.98. The van der Waals surface area contributed by atoms with Crippen LogP contribution in [-0.4, -0.2) is 42.8 Å². The van der Waals surface area contributed by atoms with E-state index in [1.807, 2.05) is 0 Å². The van der Waals surface area contributed by atoms with Gasteiger partial charge in [-0.3, -0.25) is 4.79 Å². The molecule has 2 aromatic rings. The molecule has 9 heteroatoms. The molecular formula is C23H25F3N4O2. The normalized spacial score (nSPS) is 11.4. The minimum absolute atomic E-state index is 0.0355. The molecule has 0 aliphatic rings. The summed E-state index contributed by atoms with van der Waals surface area (Å²) in [7, 11) is 1.50. The van der Waals surface area contributed by atoms with Gasteiger partial charge in [0.15, 0.2) is 23.2 Å². The molecule has 170 valence electrons. The van der Waals surface area contributed by atoms with E-state index >= 15 is 0 Å². The van der Waals surface area contributed by atoms with Gasteiger partial charge in [0.1, 0.15) is 5.82 Å². The fraction of sp³-hybridized carbons (Fsp3) is 0.217. The van der Waals surface area contributed by atoms with Gasteiger partial charge in [-0.1, -0.05) is 24.8 Å². The molecule has 0 spiro atoms. The molecule has 6 nitrogen and oxygen atoms in total. The monoisotopic (exact) mass is 446 g/mol. The average molecular weight is 446 g/mol. The number of aliphatic imine (C=N–C) groups is 1. The minimum atomic E-state index is -1.17. The van der Waals surface area contributed by atoms with Gasteiger partial charge in [0.05, 0.1) is 5.69 Å². The molecule has 0 fully saturated rings. The minimum Gasteiger partial charge on any atom is -0.396 e. The molecule has 0 aromatic heterocycles. The molecule has 32 heavy (non-hydrogen) atoms. The van der Waals surface area contributed by atoms with Crippen molar-refractivity contribution in [3.8, 4) is 0 Å². The molecule has 0 radical (unpaired) electrons. The van der Waals surface area contributed by atoms with Crippen molar-refractivity contribution in [1.82, 2.24) is 10.2 Å². The van der Waals surface area contributed by atoms with E-state index < -0.39 is 23.4 Å². The van der Waals surface area contributed by atoms with E-state index in [9.17, 15) is 18.0 Å². The van der Waals surface area contributed by atoms with Gasteiger partial charge in [0.25, 0.3) is 5.91 Å². The summed E-state index contributed by atoms with van der Waals surface area (Å²) in [5, 5.41) is 11.8. The number of rotatable bonds is 11. The van der Waals surface area contributed by atoms with Crippen molar-refractivity contribution in [2.24, 2.45) is 4.99 Å². The first kappa shape index (κ1) is 24.7. The summed E-state index contributed by atoms with van der Waals surface area (Å²) in [6, 6.07) is 8.98. The predicted molar refractivity (Wildman–Crippen MR) is 118 cm³/mol. The first-order chi connectivity index (χ1) is 15.3. The van der Waals surface area contributed by atoms with E-state index in [0.717, 1.165) is 6.07 Å². The largest absolute Gasteiger partial charge is 0.396 e. The molecule has 2 rings (SSSR count). The smallest absolute Gasteiger partial charge is 0.274 e. The number of halogens is 3. The second-order valence-corrected chi connectivity index (χ2v) is 6.79. The first-order valence-corrected chi connectivity index (χ1v) is 9.74. The highest BCUT2D eigenvalue weighted by molar-refractivity contribution is 5.97. The van der Waals surface area contributed by atoms with Gasteiger partial charge < -0.3 is 20.2 Å². The number of benzene rings is 2. The van der Waals surface area contributed by atoms with Crippen molar-refractivity contribution >= 4 is 18.3 Å². The third-order valence-electron chi connectivity index (χ3n) is 4.57. The van der Waals surface area contributed by atoms with Crippen LogP contribution in [0.25, 0.3) is 0 Å². The van der Waals surface area contributed by atoms with E-state index in [4.69, 9.17) is 5.11 Å². The molecule has 1 amide bonds. The lowest BCUT2D eigenvalue weighted by Gasteiger charge is -2.31. The maximum Gasteiger partial charge on any atom is 0.274 e. The number of hydrogen-bond donors (Lipinski definition) is 2. The number of aliphatic hydroxyl groups excluding tert-OH is 1. The summed E-state index contributed by atoms with van der Waals surface area (Å²) in [5.41, 5.74) is 0.176. The lowest BCUT2D eigenvalue weighted by molar-refractivity contribution is -0.126. The Morgan fingerprint density at radius 1 is 1.19 bits per heavy atom. The Kier molecular flexibility index (Phi) is 9.03. The van der Waals surface area contributed by atoms with E-state index in [1.54, 1.807) is 0 Å². The molecule has 0 aliphatic heterocycles. The Hall–Kier alpha value is -3.59. The highest BCUT2D eigenvalue weighted by atomic mass is 19.2. The maximum atomic E-state index is 14.9. The average Bonchev–Trinajstić information content (AvgIpc) is 2.79. The zero-order valence-corrected chi connectivity index (χ0v) is 17.7. The molecule has 0 atom stereocenters. The van der Waals surface area contributed by atoms with E-state index in [0.29, 0.717) is 12.0 Å². The van der Waals surface area contributed by atoms with E-state index in [2.05, 4.69) is 23.6 Å². The summed E-state index contributed by atoms with van der Waals surface area (Å²) in [6.45, 7) is 6.99. The fourth-order valence-electron chi connectivity index (χ4n) is 2.98. The molecule has 2 aromatic carbocycles. The van der Waals surface area contributed by atoms with Gasteiger partial charge in [0.2, 0.25) is 0 Å². The summed E-state index contributed by atoms with van der Waals surface area (Å²) in [5.74, 6) is -3.35. The molecule has 0 unspecified atom stereocenters. The molecule has 0 bridgehead atoms. The topological polar surface area (TPSA) is 68.2 Å². The van der Waals surface area contributed by atoms with Crippen molar-refractivity contribution in [2.75, 3.05) is 25.1 Å². The molecule has 0 saturated carbocycles. The van der Waals surface area contributed by atoms with Crippen LogP contribution in [0.1, 0.15) is 12.0 Å². The number of carbonyl (C=O) groups is 1. The lowest BCUT2D eigenvalue weighted by Crippen LogP contribution is -2.39. The highest BCUT2D eigenvalue weighted by Gasteiger charge is 2.29. The van der Waals surface area contributed by atoms with Crippen molar-refractivity contribution in [3.63, 3.8) is 0 Å². The second kappa shape index (κ2) is 11.7. The Morgan fingerprint density at radius 2 is 1.88 bits per heavy atom. The third kappa shape index (κ3) is 5.98. The van der Waals surface area contributed by atoms with Crippen molar-refractivity contribution in [1.29, 1.82) is 0 Å². The highest BCUT2D eigenvalue weighted by Crippen LogP contribution is 2.29. The number of carbonyl (C=O) groups excluding carboxylic acids is 1. The Bertz CT molecular complexity index is 993. The Balaban J connectivity index is 2.70. The Labute approximate surface area is 185 Å². The zero-order chi connectivity index (χ0) is 23.7. The van der Waals surface area contributed by atoms with Crippen LogP contribution in [0.15, 0.2) is 71.8 Å². The van der Waals surface area contributed by atoms with Gasteiger partial charge in [0, 0.05) is 26.7 Å². The number of likely N-dealkylation sites (N-methyl/N-ethyl adjacent to an activating group) is 1. The van der Waals surface area contributed by atoms with Crippen LogP contribution < -0.4 is 10.2 Å². The van der Waals surface area contributed by atoms with Crippen LogP contribution in [-0.2, 0) is 11.3 Å². The molecule has 0 aliphatic carbocycles. The van der Waals surface area contributed by atoms with E-state index in [1.165, 1.54) is 59.4 Å². The number of anilines is 1. The summed E-state index contributed by atoms with van der Waals surface area (Å²) in [6.07, 6.45) is 1.58. The lowest BCUT2D eigenvalue weighted by atomic mass is 10.1. The quantitative estimate of drug-likeness (QED) is 0.409. The summed E-state index contributed by atoms with van der Waals surface area (Å²) >= 11 is 0. The first-order valence-electron chi connectivity index (χ1n) is 9.74. The predicted octanol–water partition coefficient (Wildman–Crippen LogP) is 3.55. The number of hydrogen-bond acceptors (Lipinski definition) is 5. The van der Waals surface area contributed by atoms with Gasteiger partial charge >= 0.3 is 0 Å². The number of nitrogens with one attached hydrogen (secondary N) is 1. The molecular weight excluding hydrogens is 421 g/mol. The van der Waals surface area contributed by atoms with Gasteiger partial charge in [-0.15, -0.1) is 0 Å². The molecule has 2 N–H and O–H groups in total. The van der Waals surface area contributed by atoms with Crippen LogP contribution >= 0.6 is 0 Å². The second-order valence-electron chi connectivity index (χ2n) is 6.79. The van der Waals surface area contributed by atoms with Gasteiger partial charge in [-0.25, -0.2) is 18.2 Å². The zero-order valence-electron chi connectivity index (χ0n) is 17.7. The van der Waals surface area contributed by atoms with Gasteiger partial charge in [-0.2, -0.15) is 0 Å². The van der Waals surface area contributed by atoms with Crippen LogP contribution in [0.5, 0.6) is 0 Å². The Morgan fingerprint density at radius 3 is 2.47 bits per heavy atom. The van der Waals surface area contributed by atoms with Crippen molar-refractivity contribution in [2.45, 2.75) is 13.0 Å². The van der Waals surface area contributed by atoms with Gasteiger partial charge in [-0.05, 0) is 49.2 Å². The summed E-state index contributed by atoms with van der Waals surface area (Å²) < 4.78 is 42.3. The standard InChI is InChI=1S/C23H25F3N4O2/c1-4-28-22(27-2)21(23(32)29(3)13-6-14-31)30(15-16-9-11-17(24)12-10-16)19-8-5-7-18(25)20(19)26/h4-5,7-12,28,31H,1-2,6,13-15H2,3H3/b22-21+. The van der Waals surface area contributed by atoms with Crippen molar-refractivity contribution < 1.29 is 23.1 Å². The SMILES string of the molecule is C=CN/C(N=C)=C(\C(=O)N(C)CCCO)N(Cc1ccc(F)cc1)c1cccc(F)c1F. The third-order valence-corrected chi connectivity index (χ3v) is 4.57. The number of amides is 1. The number of nitrogens with zero attached hydrogens (tertiary/aromatic N) is 3. The van der Waals surface area contributed by atoms with Crippen molar-refractivity contribution in [3.05, 3.63) is 89.8 Å². The van der Waals surface area contributed by atoms with Crippen LogP contribution in [0.2, 0.25) is 0 Å². The summed E-state index contributed by atoms with van der Waals surface area (Å²) in [4.78, 5) is 19.8. The van der Waals surface area contributed by atoms with Crippen LogP contribution in [0, 0.1) is 17.5 Å². The molecule has 0 heterocycles. The van der Waals surface area contributed by atoms with E-state index in [-0.39, 0.29) is 36.9 Å². The maximum absolute atomic E-state index is 14.9. The van der Waals surface area contributed by atoms with Crippen LogP contribution in [0.4, 0.5) is 18.9 Å².